The van der Waals surface area contributed by atoms with E-state index < -0.39 is 15.9 Å². The summed E-state index contributed by atoms with van der Waals surface area (Å²) in [5.74, 6) is -0.561. The number of aromatic nitrogens is 2. The molecule has 0 fully saturated rings. The Morgan fingerprint density at radius 3 is 2.46 bits per heavy atom. The summed E-state index contributed by atoms with van der Waals surface area (Å²) in [5, 5.41) is 6.98. The largest absolute Gasteiger partial charge is 0.344 e. The first kappa shape index (κ1) is 20.0. The fourth-order valence-electron chi connectivity index (χ4n) is 2.31. The number of benzene rings is 2. The van der Waals surface area contributed by atoms with Gasteiger partial charge in [-0.15, -0.1) is 0 Å². The Hall–Kier alpha value is -2.75. The van der Waals surface area contributed by atoms with Crippen molar-refractivity contribution in [1.29, 1.82) is 0 Å². The number of carbonyl (C=O) groups excluding carboxylic acids is 1. The average Bonchev–Trinajstić information content (AvgIpc) is 3.17. The molecule has 146 valence electrons. The molecule has 0 radical (unpaired) electrons. The molecule has 0 atom stereocenters. The summed E-state index contributed by atoms with van der Waals surface area (Å²) in [6.45, 7) is 0.216. The molecule has 28 heavy (non-hydrogen) atoms. The van der Waals surface area contributed by atoms with E-state index in [1.165, 1.54) is 26.2 Å². The lowest BCUT2D eigenvalue weighted by Gasteiger charge is -2.11. The summed E-state index contributed by atoms with van der Waals surface area (Å²) in [6, 6.07) is 13.1. The normalized spacial score (nSPS) is 11.6. The van der Waals surface area contributed by atoms with Gasteiger partial charge in [-0.05, 0) is 35.9 Å². The molecular formula is C18H17ClN4O4S. The molecule has 0 unspecified atom stereocenters. The van der Waals surface area contributed by atoms with E-state index in [1.54, 1.807) is 30.3 Å². The van der Waals surface area contributed by atoms with Gasteiger partial charge < -0.3 is 9.84 Å². The summed E-state index contributed by atoms with van der Waals surface area (Å²) >= 11 is 6.05. The average molecular weight is 421 g/mol. The standard InChI is InChI=1S/C18H17ClN4O4S/c1-23(2)28(25,26)14-9-7-12(8-10-14)16-21-18(27-22-16)17(24)20-11-13-5-3-4-6-15(13)19/h3-10H,11H2,1-2H3,(H,20,24). The van der Waals surface area contributed by atoms with E-state index >= 15 is 0 Å². The molecule has 0 aliphatic rings. The van der Waals surface area contributed by atoms with Gasteiger partial charge in [0, 0.05) is 31.2 Å². The van der Waals surface area contributed by atoms with Crippen molar-refractivity contribution in [3.63, 3.8) is 0 Å². The lowest BCUT2D eigenvalue weighted by molar-refractivity contribution is 0.0907. The lowest BCUT2D eigenvalue weighted by atomic mass is 10.2. The van der Waals surface area contributed by atoms with E-state index in [2.05, 4.69) is 15.5 Å². The van der Waals surface area contributed by atoms with Gasteiger partial charge in [0.15, 0.2) is 0 Å². The zero-order valence-corrected chi connectivity index (χ0v) is 16.7. The Morgan fingerprint density at radius 2 is 1.82 bits per heavy atom. The highest BCUT2D eigenvalue weighted by atomic mass is 35.5. The van der Waals surface area contributed by atoms with Crippen LogP contribution in [0, 0.1) is 0 Å². The molecule has 1 heterocycles. The van der Waals surface area contributed by atoms with Crippen LogP contribution in [0.2, 0.25) is 5.02 Å². The Labute approximate surface area is 167 Å². The first-order valence-electron chi connectivity index (χ1n) is 8.17. The molecule has 1 amide bonds. The van der Waals surface area contributed by atoms with Gasteiger partial charge in [-0.2, -0.15) is 4.98 Å². The smallest absolute Gasteiger partial charge is 0.316 e. The highest BCUT2D eigenvalue weighted by molar-refractivity contribution is 7.89. The number of sulfonamides is 1. The molecule has 1 aromatic heterocycles. The van der Waals surface area contributed by atoms with Crippen molar-refractivity contribution >= 4 is 27.5 Å². The van der Waals surface area contributed by atoms with E-state index in [0.717, 1.165) is 9.87 Å². The van der Waals surface area contributed by atoms with Crippen LogP contribution < -0.4 is 5.32 Å². The Bertz CT molecular complexity index is 1090. The van der Waals surface area contributed by atoms with E-state index in [-0.39, 0.29) is 23.2 Å². The minimum Gasteiger partial charge on any atom is -0.344 e. The zero-order chi connectivity index (χ0) is 20.3. The minimum atomic E-state index is -3.53. The van der Waals surface area contributed by atoms with Crippen molar-refractivity contribution in [3.05, 3.63) is 65.0 Å². The van der Waals surface area contributed by atoms with E-state index in [9.17, 15) is 13.2 Å². The van der Waals surface area contributed by atoms with Gasteiger partial charge in [0.05, 0.1) is 4.90 Å². The van der Waals surface area contributed by atoms with E-state index in [0.29, 0.717) is 10.6 Å². The molecule has 0 saturated carbocycles. The summed E-state index contributed by atoms with van der Waals surface area (Å²) in [5.41, 5.74) is 1.28. The van der Waals surface area contributed by atoms with Crippen molar-refractivity contribution in [3.8, 4) is 11.4 Å². The molecule has 8 nitrogen and oxygen atoms in total. The third-order valence-corrected chi connectivity index (χ3v) is 6.11. The maximum absolute atomic E-state index is 12.2. The number of hydrogen-bond donors (Lipinski definition) is 1. The molecule has 2 aromatic carbocycles. The highest BCUT2D eigenvalue weighted by Crippen LogP contribution is 2.20. The summed E-state index contributed by atoms with van der Waals surface area (Å²) < 4.78 is 30.3. The summed E-state index contributed by atoms with van der Waals surface area (Å²) in [7, 11) is -0.619. The fourth-order valence-corrected chi connectivity index (χ4v) is 3.42. The van der Waals surface area contributed by atoms with Gasteiger partial charge in [0.25, 0.3) is 0 Å². The number of rotatable bonds is 6. The monoisotopic (exact) mass is 420 g/mol. The number of amides is 1. The molecule has 1 N–H and O–H groups in total. The maximum Gasteiger partial charge on any atom is 0.316 e. The predicted molar refractivity (Wildman–Crippen MR) is 103 cm³/mol. The fraction of sp³-hybridized carbons (Fsp3) is 0.167. The van der Waals surface area contributed by atoms with Crippen LogP contribution in [0.15, 0.2) is 57.9 Å². The van der Waals surface area contributed by atoms with Crippen molar-refractivity contribution in [1.82, 2.24) is 19.8 Å². The van der Waals surface area contributed by atoms with Crippen LogP contribution in [0.3, 0.4) is 0 Å². The number of nitrogens with zero attached hydrogens (tertiary/aromatic N) is 3. The van der Waals surface area contributed by atoms with E-state index in [1.807, 2.05) is 6.07 Å². The Balaban J connectivity index is 1.71. The van der Waals surface area contributed by atoms with Crippen LogP contribution in [-0.4, -0.2) is 42.9 Å². The second kappa shape index (κ2) is 8.09. The third-order valence-electron chi connectivity index (χ3n) is 3.91. The summed E-state index contributed by atoms with van der Waals surface area (Å²) in [6.07, 6.45) is 0. The molecule has 0 bridgehead atoms. The van der Waals surface area contributed by atoms with Crippen LogP contribution in [0.5, 0.6) is 0 Å². The predicted octanol–water partition coefficient (Wildman–Crippen LogP) is 2.57. The quantitative estimate of drug-likeness (QED) is 0.657. The zero-order valence-electron chi connectivity index (χ0n) is 15.1. The van der Waals surface area contributed by atoms with Gasteiger partial charge in [0.2, 0.25) is 15.8 Å². The number of halogens is 1. The second-order valence-electron chi connectivity index (χ2n) is 6.01. The van der Waals surface area contributed by atoms with Crippen LogP contribution >= 0.6 is 11.6 Å². The van der Waals surface area contributed by atoms with Crippen molar-refractivity contribution in [2.45, 2.75) is 11.4 Å². The van der Waals surface area contributed by atoms with Crippen LogP contribution in [0.1, 0.15) is 16.2 Å². The second-order valence-corrected chi connectivity index (χ2v) is 8.57. The molecule has 0 aliphatic heterocycles. The van der Waals surface area contributed by atoms with Crippen LogP contribution in [0.4, 0.5) is 0 Å². The number of hydrogen-bond acceptors (Lipinski definition) is 6. The van der Waals surface area contributed by atoms with Crippen LogP contribution in [-0.2, 0) is 16.6 Å². The van der Waals surface area contributed by atoms with Gasteiger partial charge in [0.1, 0.15) is 0 Å². The SMILES string of the molecule is CN(C)S(=O)(=O)c1ccc(-c2noc(C(=O)NCc3ccccc3Cl)n2)cc1. The Kier molecular flexibility index (Phi) is 5.78. The molecule has 0 saturated heterocycles. The van der Waals surface area contributed by atoms with E-state index in [4.69, 9.17) is 16.1 Å². The first-order chi connectivity index (χ1) is 13.3. The van der Waals surface area contributed by atoms with Gasteiger partial charge in [-0.1, -0.05) is 35.0 Å². The molecule has 0 aliphatic carbocycles. The van der Waals surface area contributed by atoms with Crippen molar-refractivity contribution < 1.29 is 17.7 Å². The number of nitrogens with one attached hydrogen (secondary N) is 1. The van der Waals surface area contributed by atoms with Crippen molar-refractivity contribution in [2.24, 2.45) is 0 Å². The molecular weight excluding hydrogens is 404 g/mol. The first-order valence-corrected chi connectivity index (χ1v) is 9.99. The minimum absolute atomic E-state index is 0.141. The molecule has 0 spiro atoms. The molecule has 3 rings (SSSR count). The highest BCUT2D eigenvalue weighted by Gasteiger charge is 2.19. The topological polar surface area (TPSA) is 105 Å². The molecule has 10 heteroatoms. The van der Waals surface area contributed by atoms with Gasteiger partial charge in [-0.25, -0.2) is 12.7 Å². The number of carbonyl (C=O) groups is 1. The lowest BCUT2D eigenvalue weighted by Crippen LogP contribution is -2.23. The molecule has 3 aromatic rings. The van der Waals surface area contributed by atoms with Gasteiger partial charge >= 0.3 is 11.8 Å². The summed E-state index contributed by atoms with van der Waals surface area (Å²) in [4.78, 5) is 16.4. The Morgan fingerprint density at radius 1 is 1.14 bits per heavy atom. The maximum atomic E-state index is 12.2. The third kappa shape index (κ3) is 4.22. The van der Waals surface area contributed by atoms with Crippen molar-refractivity contribution in [2.75, 3.05) is 14.1 Å². The van der Waals surface area contributed by atoms with Crippen LogP contribution in [0.25, 0.3) is 11.4 Å². The van der Waals surface area contributed by atoms with Gasteiger partial charge in [-0.3, -0.25) is 4.79 Å².